The number of thiazole rings is 1. The van der Waals surface area contributed by atoms with Crippen molar-refractivity contribution in [1.82, 2.24) is 14.1 Å². The van der Waals surface area contributed by atoms with Crippen LogP contribution in [0.2, 0.25) is 0 Å². The standard InChI is InChI=1S/C41H23N3S2/c1-2-10-26-24(9-1)17-20-33-38(26)29-19-18-25(43-31-14-6-3-11-27(31)28-12-4-7-15-32(28)43)23-34(29)44(33)41-42-40-37(46-41)22-21-36-39(40)30-13-5-8-16-35(30)45-36/h1-23H. The van der Waals surface area contributed by atoms with Crippen LogP contribution in [0, 0.1) is 0 Å². The van der Waals surface area contributed by atoms with E-state index in [0.29, 0.717) is 0 Å². The van der Waals surface area contributed by atoms with E-state index in [1.54, 1.807) is 11.3 Å². The third kappa shape index (κ3) is 3.23. The number of thiophene rings is 1. The Bertz CT molecular complexity index is 2990. The fraction of sp³-hybridized carbons (Fsp3) is 0. The van der Waals surface area contributed by atoms with Crippen LogP contribution < -0.4 is 0 Å². The smallest absolute Gasteiger partial charge is 0.195 e. The summed E-state index contributed by atoms with van der Waals surface area (Å²) in [5, 5.41) is 11.1. The van der Waals surface area contributed by atoms with Crippen molar-refractivity contribution in [3.8, 4) is 10.8 Å². The zero-order chi connectivity index (χ0) is 29.9. The minimum Gasteiger partial charge on any atom is -0.309 e. The van der Waals surface area contributed by atoms with Gasteiger partial charge in [-0.15, -0.1) is 11.3 Å². The Morgan fingerprint density at radius 3 is 1.93 bits per heavy atom. The molecule has 0 N–H and O–H groups in total. The van der Waals surface area contributed by atoms with Crippen molar-refractivity contribution in [2.24, 2.45) is 0 Å². The average Bonchev–Trinajstić information content (AvgIpc) is 3.86. The number of benzene rings is 7. The predicted molar refractivity (Wildman–Crippen MR) is 199 cm³/mol. The van der Waals surface area contributed by atoms with Gasteiger partial charge in [-0.1, -0.05) is 102 Å². The van der Waals surface area contributed by atoms with Gasteiger partial charge in [0.1, 0.15) is 0 Å². The summed E-state index contributed by atoms with van der Waals surface area (Å²) in [5.74, 6) is 0. The molecule has 0 amide bonds. The lowest BCUT2D eigenvalue weighted by molar-refractivity contribution is 1.14. The fourth-order valence-electron chi connectivity index (χ4n) is 7.61. The lowest BCUT2D eigenvalue weighted by Crippen LogP contribution is -1.96. The second-order valence-corrected chi connectivity index (χ2v) is 14.1. The Morgan fingerprint density at radius 2 is 1.11 bits per heavy atom. The molecule has 214 valence electrons. The number of nitrogens with zero attached hydrogens (tertiary/aromatic N) is 3. The summed E-state index contributed by atoms with van der Waals surface area (Å²) in [5.41, 5.74) is 7.00. The summed E-state index contributed by atoms with van der Waals surface area (Å²) in [6.45, 7) is 0. The van der Waals surface area contributed by atoms with Crippen molar-refractivity contribution >= 4 is 107 Å². The van der Waals surface area contributed by atoms with Gasteiger partial charge >= 0.3 is 0 Å². The fourth-order valence-corrected chi connectivity index (χ4v) is 9.72. The summed E-state index contributed by atoms with van der Waals surface area (Å²) in [7, 11) is 0. The second kappa shape index (κ2) is 9.04. The maximum Gasteiger partial charge on any atom is 0.195 e. The molecule has 0 fully saturated rings. The predicted octanol–water partition coefficient (Wildman–Crippen LogP) is 12.0. The van der Waals surface area contributed by atoms with Crippen molar-refractivity contribution in [1.29, 1.82) is 0 Å². The molecule has 0 aliphatic rings. The van der Waals surface area contributed by atoms with Gasteiger partial charge in [0.15, 0.2) is 5.13 Å². The number of hydrogen-bond donors (Lipinski definition) is 0. The van der Waals surface area contributed by atoms with E-state index in [-0.39, 0.29) is 0 Å². The first-order valence-corrected chi connectivity index (χ1v) is 17.1. The highest BCUT2D eigenvalue weighted by molar-refractivity contribution is 7.26. The van der Waals surface area contributed by atoms with Crippen molar-refractivity contribution in [2.45, 2.75) is 0 Å². The van der Waals surface area contributed by atoms with Crippen LogP contribution in [0.3, 0.4) is 0 Å². The highest BCUT2D eigenvalue weighted by Gasteiger charge is 2.21. The molecule has 0 unspecified atom stereocenters. The summed E-state index contributed by atoms with van der Waals surface area (Å²) < 4.78 is 8.61. The van der Waals surface area contributed by atoms with E-state index in [1.165, 1.54) is 73.7 Å². The average molecular weight is 622 g/mol. The molecule has 46 heavy (non-hydrogen) atoms. The molecule has 0 saturated carbocycles. The molecule has 4 heterocycles. The molecule has 7 aromatic carbocycles. The van der Waals surface area contributed by atoms with E-state index in [4.69, 9.17) is 4.98 Å². The van der Waals surface area contributed by atoms with Crippen molar-refractivity contribution in [3.05, 3.63) is 140 Å². The van der Waals surface area contributed by atoms with Crippen molar-refractivity contribution < 1.29 is 0 Å². The molecule has 5 heteroatoms. The quantitative estimate of drug-likeness (QED) is 0.188. The molecule has 0 atom stereocenters. The Labute approximate surface area is 270 Å². The SMILES string of the molecule is c1ccc2c(c1)ccc1c2c2ccc(-n3c4ccccc4c4ccccc43)cc2n1-c1nc2c(ccc3sc4ccccc4c32)s1. The Hall–Kier alpha value is -5.49. The monoisotopic (exact) mass is 621 g/mol. The van der Waals surface area contributed by atoms with Crippen molar-refractivity contribution in [3.63, 3.8) is 0 Å². The Kier molecular flexibility index (Phi) is 4.87. The lowest BCUT2D eigenvalue weighted by atomic mass is 10.0. The summed E-state index contributed by atoms with van der Waals surface area (Å²) in [6, 6.07) is 50.9. The number of aromatic nitrogens is 3. The third-order valence-corrected chi connectivity index (χ3v) is 11.7. The van der Waals surface area contributed by atoms with Crippen LogP contribution in [0.5, 0.6) is 0 Å². The Balaban J connectivity index is 1.27. The molecule has 0 spiro atoms. The molecule has 0 aliphatic carbocycles. The maximum absolute atomic E-state index is 5.46. The number of hydrogen-bond acceptors (Lipinski definition) is 3. The van der Waals surface area contributed by atoms with Crippen LogP contribution in [0.25, 0.3) is 95.6 Å². The molecule has 0 saturated heterocycles. The van der Waals surface area contributed by atoms with Crippen molar-refractivity contribution in [2.75, 3.05) is 0 Å². The van der Waals surface area contributed by atoms with Crippen LogP contribution in [-0.2, 0) is 0 Å². The minimum atomic E-state index is 0.993. The van der Waals surface area contributed by atoms with Gasteiger partial charge in [-0.2, -0.15) is 0 Å². The first-order chi connectivity index (χ1) is 22.8. The van der Waals surface area contributed by atoms with Crippen LogP contribution in [0.15, 0.2) is 140 Å². The molecular weight excluding hydrogens is 599 g/mol. The van der Waals surface area contributed by atoms with Gasteiger partial charge < -0.3 is 4.57 Å². The number of rotatable bonds is 2. The number of para-hydroxylation sites is 2. The van der Waals surface area contributed by atoms with Gasteiger partial charge in [0.05, 0.1) is 32.3 Å². The van der Waals surface area contributed by atoms with Crippen LogP contribution in [0.1, 0.15) is 0 Å². The van der Waals surface area contributed by atoms with Gasteiger partial charge in [0, 0.05) is 47.4 Å². The zero-order valence-corrected chi connectivity index (χ0v) is 26.1. The lowest BCUT2D eigenvalue weighted by Gasteiger charge is -2.09. The molecule has 0 radical (unpaired) electrons. The molecule has 4 aromatic heterocycles. The van der Waals surface area contributed by atoms with E-state index in [1.807, 2.05) is 11.3 Å². The summed E-state index contributed by atoms with van der Waals surface area (Å²) >= 11 is 3.62. The largest absolute Gasteiger partial charge is 0.309 e. The maximum atomic E-state index is 5.46. The molecule has 11 rings (SSSR count). The molecular formula is C41H23N3S2. The first-order valence-electron chi connectivity index (χ1n) is 15.5. The summed E-state index contributed by atoms with van der Waals surface area (Å²) in [4.78, 5) is 5.46. The van der Waals surface area contributed by atoms with Crippen LogP contribution in [0.4, 0.5) is 0 Å². The highest BCUT2D eigenvalue weighted by atomic mass is 32.1. The van der Waals surface area contributed by atoms with Crippen LogP contribution >= 0.6 is 22.7 Å². The minimum absolute atomic E-state index is 0.993. The van der Waals surface area contributed by atoms with Gasteiger partial charge in [-0.25, -0.2) is 4.98 Å². The highest BCUT2D eigenvalue weighted by Crippen LogP contribution is 2.43. The molecule has 3 nitrogen and oxygen atoms in total. The number of fused-ring (bicyclic) bond motifs is 13. The van der Waals surface area contributed by atoms with Gasteiger partial charge in [-0.05, 0) is 59.3 Å². The normalized spacial score (nSPS) is 12.3. The van der Waals surface area contributed by atoms with E-state index in [2.05, 4.69) is 149 Å². The van der Waals surface area contributed by atoms with E-state index in [9.17, 15) is 0 Å². The molecule has 11 aromatic rings. The first kappa shape index (κ1) is 24.8. The Morgan fingerprint density at radius 1 is 0.413 bits per heavy atom. The van der Waals surface area contributed by atoms with E-state index >= 15 is 0 Å². The topological polar surface area (TPSA) is 22.8 Å². The van der Waals surface area contributed by atoms with Gasteiger partial charge in [0.2, 0.25) is 0 Å². The van der Waals surface area contributed by atoms with E-state index in [0.717, 1.165) is 21.9 Å². The zero-order valence-electron chi connectivity index (χ0n) is 24.4. The summed E-state index contributed by atoms with van der Waals surface area (Å²) in [6.07, 6.45) is 0. The molecule has 0 bridgehead atoms. The third-order valence-electron chi connectivity index (χ3n) is 9.56. The molecule has 0 aliphatic heterocycles. The second-order valence-electron chi connectivity index (χ2n) is 12.0. The van der Waals surface area contributed by atoms with Gasteiger partial charge in [0.25, 0.3) is 0 Å². The van der Waals surface area contributed by atoms with Gasteiger partial charge in [-0.3, -0.25) is 4.57 Å². The van der Waals surface area contributed by atoms with Crippen LogP contribution in [-0.4, -0.2) is 14.1 Å². The van der Waals surface area contributed by atoms with E-state index < -0.39 is 0 Å².